The van der Waals surface area contributed by atoms with Crippen molar-refractivity contribution in [1.82, 2.24) is 5.48 Å². The van der Waals surface area contributed by atoms with Gasteiger partial charge >= 0.3 is 41.8 Å². The van der Waals surface area contributed by atoms with Crippen LogP contribution in [0.5, 0.6) is 11.5 Å². The molecule has 0 saturated heterocycles. The number of benzene rings is 2. The maximum absolute atomic E-state index is 12.1. The normalized spacial score (nSPS) is 9.83. The van der Waals surface area contributed by atoms with Gasteiger partial charge in [-0.3, -0.25) is 0 Å². The summed E-state index contributed by atoms with van der Waals surface area (Å²) in [5, 5.41) is 0. The molecule has 2 aromatic rings. The summed E-state index contributed by atoms with van der Waals surface area (Å²) in [6.45, 7) is 0.687. The number of hydrogen-bond donors (Lipinski definition) is 2. The Morgan fingerprint density at radius 1 is 0.957 bits per heavy atom. The Morgan fingerprint density at radius 2 is 1.43 bits per heavy atom. The van der Waals surface area contributed by atoms with E-state index in [4.69, 9.17) is 20.0 Å². The third kappa shape index (κ3) is 7.02. The first-order valence-electron chi connectivity index (χ1n) is 6.86. The van der Waals surface area contributed by atoms with Gasteiger partial charge in [0, 0.05) is 13.1 Å². The van der Waals surface area contributed by atoms with Gasteiger partial charge in [0.25, 0.3) is 0 Å². The monoisotopic (exact) mass is 326 g/mol. The molecule has 0 aliphatic carbocycles. The number of carbonyl (C=O) groups is 1. The van der Waals surface area contributed by atoms with Crippen molar-refractivity contribution in [2.45, 2.75) is 6.29 Å². The number of carbonyl (C=O) groups excluding carboxylic acids is 1. The summed E-state index contributed by atoms with van der Waals surface area (Å²) in [7, 11) is 0. The van der Waals surface area contributed by atoms with E-state index in [1.54, 1.807) is 48.5 Å². The Bertz CT molecular complexity index is 527. The first-order chi connectivity index (χ1) is 10.8. The fourth-order valence-electron chi connectivity index (χ4n) is 1.59. The first kappa shape index (κ1) is 19.5. The van der Waals surface area contributed by atoms with Crippen LogP contribution in [0.3, 0.4) is 0 Å². The van der Waals surface area contributed by atoms with Gasteiger partial charge in [0.1, 0.15) is 11.5 Å². The van der Waals surface area contributed by atoms with Crippen LogP contribution in [0.2, 0.25) is 0 Å². The van der Waals surface area contributed by atoms with E-state index in [0.717, 1.165) is 0 Å². The SMILES string of the molecule is NCCNOC(=O)C(Oc1ccccc1)Oc1ccccc1.[NaH]. The van der Waals surface area contributed by atoms with E-state index in [1.165, 1.54) is 0 Å². The molecule has 118 valence electrons. The van der Waals surface area contributed by atoms with Gasteiger partial charge < -0.3 is 20.0 Å². The first-order valence-corrected chi connectivity index (χ1v) is 6.86. The molecule has 0 radical (unpaired) electrons. The predicted octanol–water partition coefficient (Wildman–Crippen LogP) is 0.828. The van der Waals surface area contributed by atoms with Gasteiger partial charge in [-0.15, -0.1) is 0 Å². The second-order valence-electron chi connectivity index (χ2n) is 4.30. The molecular weight excluding hydrogens is 307 g/mol. The van der Waals surface area contributed by atoms with Gasteiger partial charge in [-0.2, -0.15) is 5.48 Å². The summed E-state index contributed by atoms with van der Waals surface area (Å²) in [5.41, 5.74) is 7.77. The Labute approximate surface area is 157 Å². The molecule has 0 spiro atoms. The van der Waals surface area contributed by atoms with Crippen molar-refractivity contribution >= 4 is 35.5 Å². The summed E-state index contributed by atoms with van der Waals surface area (Å²) in [6.07, 6.45) is -1.23. The van der Waals surface area contributed by atoms with Crippen molar-refractivity contribution in [2.24, 2.45) is 5.73 Å². The van der Waals surface area contributed by atoms with Crippen LogP contribution >= 0.6 is 0 Å². The molecule has 23 heavy (non-hydrogen) atoms. The average Bonchev–Trinajstić information content (AvgIpc) is 2.56. The fourth-order valence-corrected chi connectivity index (χ4v) is 1.59. The molecule has 0 saturated carbocycles. The summed E-state index contributed by atoms with van der Waals surface area (Å²) in [5.74, 6) is 0.305. The van der Waals surface area contributed by atoms with Gasteiger partial charge in [0.05, 0.1) is 0 Å². The maximum atomic E-state index is 12.1. The molecular formula is C16H19N2NaO4. The van der Waals surface area contributed by atoms with Crippen molar-refractivity contribution in [2.75, 3.05) is 13.1 Å². The van der Waals surface area contributed by atoms with Crippen molar-refractivity contribution in [3.63, 3.8) is 0 Å². The molecule has 3 N–H and O–H groups in total. The van der Waals surface area contributed by atoms with Crippen molar-refractivity contribution < 1.29 is 19.1 Å². The Morgan fingerprint density at radius 3 is 1.87 bits per heavy atom. The Balaban J connectivity index is 0.00000264. The van der Waals surface area contributed by atoms with E-state index in [9.17, 15) is 4.79 Å². The molecule has 0 aliphatic heterocycles. The van der Waals surface area contributed by atoms with Crippen LogP contribution in [-0.4, -0.2) is 54.9 Å². The molecule has 6 nitrogen and oxygen atoms in total. The average molecular weight is 326 g/mol. The molecule has 0 fully saturated rings. The van der Waals surface area contributed by atoms with Crippen molar-refractivity contribution in [3.8, 4) is 11.5 Å². The standard InChI is InChI=1S/C16H18N2O4.Na.H/c17-11-12-18-22-15(19)16(20-13-7-3-1-4-8-13)21-14-9-5-2-6-10-14;;/h1-10,16,18H,11-12,17H2;;. The van der Waals surface area contributed by atoms with E-state index >= 15 is 0 Å². The van der Waals surface area contributed by atoms with E-state index in [0.29, 0.717) is 24.6 Å². The van der Waals surface area contributed by atoms with Gasteiger partial charge in [0.15, 0.2) is 0 Å². The summed E-state index contributed by atoms with van der Waals surface area (Å²) >= 11 is 0. The molecule has 0 aliphatic rings. The summed E-state index contributed by atoms with van der Waals surface area (Å²) in [4.78, 5) is 16.9. The van der Waals surface area contributed by atoms with Crippen LogP contribution in [0.25, 0.3) is 0 Å². The summed E-state index contributed by atoms with van der Waals surface area (Å²) < 4.78 is 11.1. The molecule has 2 rings (SSSR count). The number of rotatable bonds is 8. The third-order valence-electron chi connectivity index (χ3n) is 2.58. The van der Waals surface area contributed by atoms with Crippen LogP contribution in [0.4, 0.5) is 0 Å². The van der Waals surface area contributed by atoms with E-state index < -0.39 is 12.3 Å². The fraction of sp³-hybridized carbons (Fsp3) is 0.188. The predicted molar refractivity (Wildman–Crippen MR) is 88.2 cm³/mol. The second-order valence-corrected chi connectivity index (χ2v) is 4.30. The summed E-state index contributed by atoms with van der Waals surface area (Å²) in [6, 6.07) is 17.8. The second kappa shape index (κ2) is 11.0. The van der Waals surface area contributed by atoms with Crippen LogP contribution < -0.4 is 20.7 Å². The molecule has 0 unspecified atom stereocenters. The number of ether oxygens (including phenoxy) is 2. The van der Waals surface area contributed by atoms with Gasteiger partial charge in [0.2, 0.25) is 0 Å². The number of para-hydroxylation sites is 2. The van der Waals surface area contributed by atoms with Gasteiger partial charge in [-0.05, 0) is 24.3 Å². The van der Waals surface area contributed by atoms with Gasteiger partial charge in [-0.25, -0.2) is 4.79 Å². The van der Waals surface area contributed by atoms with Crippen LogP contribution in [0.1, 0.15) is 0 Å². The van der Waals surface area contributed by atoms with E-state index in [-0.39, 0.29) is 29.6 Å². The zero-order valence-corrected chi connectivity index (χ0v) is 12.0. The zero-order chi connectivity index (χ0) is 15.6. The van der Waals surface area contributed by atoms with E-state index in [1.807, 2.05) is 12.1 Å². The molecule has 0 atom stereocenters. The Hall–Kier alpha value is -1.57. The van der Waals surface area contributed by atoms with Gasteiger partial charge in [-0.1, -0.05) is 36.4 Å². The topological polar surface area (TPSA) is 82.8 Å². The van der Waals surface area contributed by atoms with Crippen molar-refractivity contribution in [3.05, 3.63) is 60.7 Å². The molecule has 0 bridgehead atoms. The quantitative estimate of drug-likeness (QED) is 0.324. The zero-order valence-electron chi connectivity index (χ0n) is 12.0. The van der Waals surface area contributed by atoms with E-state index in [2.05, 4.69) is 5.48 Å². The Kier molecular flexibility index (Phi) is 9.35. The minimum atomic E-state index is -1.23. The minimum absolute atomic E-state index is 0. The third-order valence-corrected chi connectivity index (χ3v) is 2.58. The number of nitrogens with one attached hydrogen (secondary N) is 1. The van der Waals surface area contributed by atoms with Crippen LogP contribution in [0, 0.1) is 0 Å². The molecule has 0 aromatic heterocycles. The van der Waals surface area contributed by atoms with Crippen LogP contribution in [0.15, 0.2) is 60.7 Å². The number of hydroxylamine groups is 1. The molecule has 2 aromatic carbocycles. The molecule has 7 heteroatoms. The molecule has 0 amide bonds. The van der Waals surface area contributed by atoms with Crippen LogP contribution in [-0.2, 0) is 9.63 Å². The van der Waals surface area contributed by atoms with Crippen molar-refractivity contribution in [1.29, 1.82) is 0 Å². The number of hydrogen-bond acceptors (Lipinski definition) is 6. The number of nitrogens with two attached hydrogens (primary N) is 1. The molecule has 0 heterocycles.